The maximum absolute atomic E-state index is 6.21. The molecule has 3 rings (SSSR count). The van der Waals surface area contributed by atoms with Crippen molar-refractivity contribution in [3.8, 4) is 0 Å². The quantitative estimate of drug-likeness (QED) is 0.916. The first-order valence-electron chi connectivity index (χ1n) is 7.75. The van der Waals surface area contributed by atoms with E-state index in [1.165, 1.54) is 11.1 Å². The van der Waals surface area contributed by atoms with E-state index < -0.39 is 0 Å². The molecule has 1 aromatic heterocycles. The van der Waals surface area contributed by atoms with E-state index >= 15 is 0 Å². The summed E-state index contributed by atoms with van der Waals surface area (Å²) in [6, 6.07) is 8.65. The second kappa shape index (κ2) is 5.60. The summed E-state index contributed by atoms with van der Waals surface area (Å²) in [7, 11) is 0. The highest BCUT2D eigenvalue weighted by molar-refractivity contribution is 5.25. The van der Waals surface area contributed by atoms with Crippen molar-refractivity contribution in [2.45, 2.75) is 51.5 Å². The molecule has 4 nitrogen and oxygen atoms in total. The fourth-order valence-corrected chi connectivity index (χ4v) is 2.75. The van der Waals surface area contributed by atoms with Gasteiger partial charge in [0.25, 0.3) is 0 Å². The predicted octanol–water partition coefficient (Wildman–Crippen LogP) is 3.20. The monoisotopic (exact) mass is 285 g/mol. The van der Waals surface area contributed by atoms with Gasteiger partial charge in [0, 0.05) is 0 Å². The smallest absolute Gasteiger partial charge is 0.231 e. The minimum absolute atomic E-state index is 0.344. The summed E-state index contributed by atoms with van der Waals surface area (Å²) >= 11 is 0. The Morgan fingerprint density at radius 3 is 2.43 bits per heavy atom. The summed E-state index contributed by atoms with van der Waals surface area (Å²) in [5, 5.41) is 4.05. The molecule has 0 radical (unpaired) electrons. The maximum atomic E-state index is 6.21. The summed E-state index contributed by atoms with van der Waals surface area (Å²) in [6.45, 7) is 4.47. The summed E-state index contributed by atoms with van der Waals surface area (Å²) in [6.07, 6.45) is 4.84. The topological polar surface area (TPSA) is 64.9 Å². The van der Waals surface area contributed by atoms with Crippen molar-refractivity contribution in [1.82, 2.24) is 10.1 Å². The van der Waals surface area contributed by atoms with Crippen LogP contribution >= 0.6 is 0 Å². The predicted molar refractivity (Wildman–Crippen MR) is 81.8 cm³/mol. The molecule has 1 fully saturated rings. The first-order chi connectivity index (χ1) is 10.0. The van der Waals surface area contributed by atoms with Crippen LogP contribution in [0.3, 0.4) is 0 Å². The Kier molecular flexibility index (Phi) is 3.81. The van der Waals surface area contributed by atoms with Crippen LogP contribution in [-0.4, -0.2) is 10.1 Å². The highest BCUT2D eigenvalue weighted by Gasteiger charge is 2.38. The van der Waals surface area contributed by atoms with Crippen LogP contribution in [-0.2, 0) is 18.4 Å². The van der Waals surface area contributed by atoms with Gasteiger partial charge in [-0.05, 0) is 42.7 Å². The van der Waals surface area contributed by atoms with Gasteiger partial charge in [-0.25, -0.2) is 0 Å². The first kappa shape index (κ1) is 14.3. The van der Waals surface area contributed by atoms with Crippen molar-refractivity contribution < 1.29 is 4.52 Å². The van der Waals surface area contributed by atoms with E-state index in [2.05, 4.69) is 48.3 Å². The molecule has 1 heterocycles. The van der Waals surface area contributed by atoms with Crippen LogP contribution < -0.4 is 5.73 Å². The lowest BCUT2D eigenvalue weighted by atomic mass is 9.77. The van der Waals surface area contributed by atoms with E-state index in [4.69, 9.17) is 10.3 Å². The van der Waals surface area contributed by atoms with Crippen molar-refractivity contribution >= 4 is 0 Å². The van der Waals surface area contributed by atoms with E-state index in [0.29, 0.717) is 24.1 Å². The van der Waals surface area contributed by atoms with Crippen molar-refractivity contribution in [1.29, 1.82) is 0 Å². The second-order valence-corrected chi connectivity index (χ2v) is 6.61. The highest BCUT2D eigenvalue weighted by atomic mass is 16.5. The Labute approximate surface area is 125 Å². The van der Waals surface area contributed by atoms with Crippen molar-refractivity contribution in [3.05, 3.63) is 47.1 Å². The third-order valence-corrected chi connectivity index (χ3v) is 4.18. The molecule has 1 aromatic carbocycles. The molecule has 0 amide bonds. The molecule has 112 valence electrons. The van der Waals surface area contributed by atoms with Gasteiger partial charge < -0.3 is 10.3 Å². The molecule has 0 aliphatic heterocycles. The Balaban J connectivity index is 1.66. The van der Waals surface area contributed by atoms with Gasteiger partial charge in [-0.3, -0.25) is 0 Å². The van der Waals surface area contributed by atoms with Crippen LogP contribution in [0.15, 0.2) is 28.8 Å². The average Bonchev–Trinajstić information content (AvgIpc) is 2.86. The number of hydrogen-bond donors (Lipinski definition) is 1. The molecule has 21 heavy (non-hydrogen) atoms. The van der Waals surface area contributed by atoms with Crippen LogP contribution in [0, 0.1) is 5.92 Å². The number of rotatable bonds is 5. The van der Waals surface area contributed by atoms with Crippen molar-refractivity contribution in [2.24, 2.45) is 11.7 Å². The molecule has 2 N–H and O–H groups in total. The minimum atomic E-state index is -0.344. The maximum Gasteiger partial charge on any atom is 0.231 e. The minimum Gasteiger partial charge on any atom is -0.339 e. The Morgan fingerprint density at radius 2 is 1.86 bits per heavy atom. The molecular formula is C17H23N3O. The Morgan fingerprint density at radius 1 is 1.19 bits per heavy atom. The SMILES string of the molecule is CC(C)Cc1ccc(Cc2nc(C3(N)CCC3)no2)cc1. The number of benzene rings is 1. The summed E-state index contributed by atoms with van der Waals surface area (Å²) < 4.78 is 5.34. The van der Waals surface area contributed by atoms with Gasteiger partial charge in [-0.1, -0.05) is 43.3 Å². The second-order valence-electron chi connectivity index (χ2n) is 6.61. The lowest BCUT2D eigenvalue weighted by molar-refractivity contribution is 0.229. The first-order valence-corrected chi connectivity index (χ1v) is 7.75. The van der Waals surface area contributed by atoms with Crippen LogP contribution in [0.25, 0.3) is 0 Å². The largest absolute Gasteiger partial charge is 0.339 e. The number of aromatic nitrogens is 2. The fraction of sp³-hybridized carbons (Fsp3) is 0.529. The third kappa shape index (κ3) is 3.16. The van der Waals surface area contributed by atoms with Crippen molar-refractivity contribution in [3.63, 3.8) is 0 Å². The van der Waals surface area contributed by atoms with E-state index in [1.54, 1.807) is 0 Å². The van der Waals surface area contributed by atoms with Gasteiger partial charge in [0.15, 0.2) is 5.82 Å². The third-order valence-electron chi connectivity index (χ3n) is 4.18. The molecule has 1 aliphatic rings. The molecule has 0 spiro atoms. The van der Waals surface area contributed by atoms with E-state index in [0.717, 1.165) is 25.7 Å². The molecule has 4 heteroatoms. The average molecular weight is 285 g/mol. The zero-order chi connectivity index (χ0) is 14.9. The molecule has 1 saturated carbocycles. The van der Waals surface area contributed by atoms with E-state index in [1.807, 2.05) is 0 Å². The van der Waals surface area contributed by atoms with Crippen LogP contribution in [0.2, 0.25) is 0 Å². The van der Waals surface area contributed by atoms with Gasteiger partial charge >= 0.3 is 0 Å². The Hall–Kier alpha value is -1.68. The molecule has 0 atom stereocenters. The molecule has 0 unspecified atom stereocenters. The van der Waals surface area contributed by atoms with E-state index in [9.17, 15) is 0 Å². The standard InChI is InChI=1S/C17H23N3O/c1-12(2)10-13-4-6-14(7-5-13)11-15-19-16(20-21-15)17(18)8-3-9-17/h4-7,12H,3,8-11,18H2,1-2H3. The molecule has 2 aromatic rings. The van der Waals surface area contributed by atoms with Gasteiger partial charge in [-0.15, -0.1) is 0 Å². The molecule has 0 bridgehead atoms. The van der Waals surface area contributed by atoms with Crippen LogP contribution in [0.4, 0.5) is 0 Å². The van der Waals surface area contributed by atoms with Crippen LogP contribution in [0.5, 0.6) is 0 Å². The highest BCUT2D eigenvalue weighted by Crippen LogP contribution is 2.36. The van der Waals surface area contributed by atoms with Crippen molar-refractivity contribution in [2.75, 3.05) is 0 Å². The van der Waals surface area contributed by atoms with Gasteiger partial charge in [0.05, 0.1) is 12.0 Å². The van der Waals surface area contributed by atoms with Gasteiger partial charge in [-0.2, -0.15) is 4.98 Å². The summed E-state index contributed by atoms with van der Waals surface area (Å²) in [5.41, 5.74) is 8.43. The van der Waals surface area contributed by atoms with Gasteiger partial charge in [0.1, 0.15) is 0 Å². The molecule has 0 saturated heterocycles. The van der Waals surface area contributed by atoms with Crippen LogP contribution in [0.1, 0.15) is 56.0 Å². The molecular weight excluding hydrogens is 262 g/mol. The zero-order valence-electron chi connectivity index (χ0n) is 12.8. The summed E-state index contributed by atoms with van der Waals surface area (Å²) in [5.74, 6) is 2.00. The van der Waals surface area contributed by atoms with Gasteiger partial charge in [0.2, 0.25) is 5.89 Å². The number of nitrogens with zero attached hydrogens (tertiary/aromatic N) is 2. The number of nitrogens with two attached hydrogens (primary N) is 1. The fourth-order valence-electron chi connectivity index (χ4n) is 2.75. The lowest BCUT2D eigenvalue weighted by Gasteiger charge is -2.34. The summed E-state index contributed by atoms with van der Waals surface area (Å²) in [4.78, 5) is 4.47. The molecule has 1 aliphatic carbocycles. The van der Waals surface area contributed by atoms with E-state index in [-0.39, 0.29) is 5.54 Å². The zero-order valence-corrected chi connectivity index (χ0v) is 12.8. The Bertz CT molecular complexity index is 597. The number of hydrogen-bond acceptors (Lipinski definition) is 4. The lowest BCUT2D eigenvalue weighted by Crippen LogP contribution is -2.44. The normalized spacial score (nSPS) is 17.0.